The molecule has 1 saturated heterocycles. The Labute approximate surface area is 119 Å². The number of hydrogen-bond donors (Lipinski definition) is 1. The molecule has 0 aliphatic carbocycles. The zero-order valence-electron chi connectivity index (χ0n) is 11.0. The normalized spacial score (nSPS) is 24.3. The van der Waals surface area contributed by atoms with Crippen LogP contribution in [0.1, 0.15) is 19.4 Å². The molecular formula is C14H21ClN2S. The second kappa shape index (κ2) is 6.18. The van der Waals surface area contributed by atoms with E-state index in [0.29, 0.717) is 17.0 Å². The Hall–Kier alpha value is -0.380. The summed E-state index contributed by atoms with van der Waals surface area (Å²) in [6, 6.07) is 6.37. The number of nitrogens with zero attached hydrogens (tertiary/aromatic N) is 1. The fourth-order valence-electron chi connectivity index (χ4n) is 2.48. The van der Waals surface area contributed by atoms with Gasteiger partial charge in [-0.05, 0) is 30.7 Å². The van der Waals surface area contributed by atoms with Crippen LogP contribution in [-0.4, -0.2) is 30.1 Å². The van der Waals surface area contributed by atoms with Gasteiger partial charge in [0.15, 0.2) is 0 Å². The van der Waals surface area contributed by atoms with E-state index in [1.165, 1.54) is 5.69 Å². The topological polar surface area (TPSA) is 29.3 Å². The Balaban J connectivity index is 2.15. The van der Waals surface area contributed by atoms with Crippen LogP contribution >= 0.6 is 23.4 Å². The molecule has 1 aliphatic rings. The van der Waals surface area contributed by atoms with Crippen LogP contribution in [0, 0.1) is 0 Å². The first-order chi connectivity index (χ1) is 8.60. The summed E-state index contributed by atoms with van der Waals surface area (Å²) in [6.45, 7) is 7.42. The molecule has 0 saturated carbocycles. The summed E-state index contributed by atoms with van der Waals surface area (Å²) in [5.74, 6) is 0. The highest BCUT2D eigenvalue weighted by atomic mass is 35.5. The first-order valence-electron chi connectivity index (χ1n) is 6.49. The Kier molecular flexibility index (Phi) is 4.82. The molecule has 2 rings (SSSR count). The third kappa shape index (κ3) is 3.34. The third-order valence-corrected chi connectivity index (χ3v) is 4.81. The average Bonchev–Trinajstić information content (AvgIpc) is 2.30. The van der Waals surface area contributed by atoms with E-state index in [4.69, 9.17) is 17.3 Å². The minimum Gasteiger partial charge on any atom is -0.369 e. The minimum absolute atomic E-state index is 0.646. The van der Waals surface area contributed by atoms with Crippen LogP contribution in [0.4, 0.5) is 5.69 Å². The van der Waals surface area contributed by atoms with Crippen molar-refractivity contribution in [2.75, 3.05) is 24.5 Å². The van der Waals surface area contributed by atoms with Crippen molar-refractivity contribution in [3.63, 3.8) is 0 Å². The predicted octanol–water partition coefficient (Wildman–Crippen LogP) is 3.17. The zero-order valence-corrected chi connectivity index (χ0v) is 12.6. The summed E-state index contributed by atoms with van der Waals surface area (Å²) in [5, 5.41) is 2.20. The second-order valence-corrected chi connectivity index (χ2v) is 7.27. The van der Waals surface area contributed by atoms with E-state index in [9.17, 15) is 0 Å². The van der Waals surface area contributed by atoms with E-state index < -0.39 is 0 Å². The van der Waals surface area contributed by atoms with Gasteiger partial charge in [-0.25, -0.2) is 0 Å². The van der Waals surface area contributed by atoms with Gasteiger partial charge in [0.1, 0.15) is 0 Å². The van der Waals surface area contributed by atoms with Gasteiger partial charge in [-0.2, -0.15) is 11.8 Å². The van der Waals surface area contributed by atoms with E-state index in [-0.39, 0.29) is 0 Å². The monoisotopic (exact) mass is 284 g/mol. The highest BCUT2D eigenvalue weighted by Gasteiger charge is 2.22. The summed E-state index contributed by atoms with van der Waals surface area (Å²) in [6.07, 6.45) is 0.849. The quantitative estimate of drug-likeness (QED) is 0.924. The van der Waals surface area contributed by atoms with Crippen molar-refractivity contribution in [3.8, 4) is 0 Å². The lowest BCUT2D eigenvalue weighted by Gasteiger charge is -2.36. The molecule has 4 heteroatoms. The predicted molar refractivity (Wildman–Crippen MR) is 82.9 cm³/mol. The van der Waals surface area contributed by atoms with Gasteiger partial charge in [-0.3, -0.25) is 0 Å². The van der Waals surface area contributed by atoms with Gasteiger partial charge in [0.05, 0.1) is 0 Å². The Morgan fingerprint density at radius 2 is 2.00 bits per heavy atom. The molecule has 1 aromatic carbocycles. The van der Waals surface area contributed by atoms with Crippen LogP contribution < -0.4 is 10.6 Å². The van der Waals surface area contributed by atoms with Gasteiger partial charge in [0, 0.05) is 34.3 Å². The van der Waals surface area contributed by atoms with Gasteiger partial charge >= 0.3 is 0 Å². The summed E-state index contributed by atoms with van der Waals surface area (Å²) >= 11 is 8.38. The fourth-order valence-corrected chi connectivity index (χ4v) is 4.07. The van der Waals surface area contributed by atoms with Gasteiger partial charge in [0.25, 0.3) is 0 Å². The van der Waals surface area contributed by atoms with Crippen molar-refractivity contribution < 1.29 is 0 Å². The van der Waals surface area contributed by atoms with Crippen molar-refractivity contribution >= 4 is 29.1 Å². The van der Waals surface area contributed by atoms with Crippen molar-refractivity contribution in [3.05, 3.63) is 28.8 Å². The molecule has 1 aliphatic heterocycles. The Morgan fingerprint density at radius 3 is 2.56 bits per heavy atom. The maximum Gasteiger partial charge on any atom is 0.0459 e. The van der Waals surface area contributed by atoms with Crippen molar-refractivity contribution in [1.29, 1.82) is 0 Å². The molecular weight excluding hydrogens is 264 g/mol. The van der Waals surface area contributed by atoms with Gasteiger partial charge < -0.3 is 10.6 Å². The summed E-state index contributed by atoms with van der Waals surface area (Å²) in [4.78, 5) is 2.43. The summed E-state index contributed by atoms with van der Waals surface area (Å²) in [7, 11) is 0. The zero-order chi connectivity index (χ0) is 13.1. The second-order valence-electron chi connectivity index (χ2n) is 4.98. The highest BCUT2D eigenvalue weighted by molar-refractivity contribution is 8.00. The smallest absolute Gasteiger partial charge is 0.0459 e. The number of benzene rings is 1. The largest absolute Gasteiger partial charge is 0.369 e. The van der Waals surface area contributed by atoms with E-state index in [1.807, 2.05) is 0 Å². The first kappa shape index (κ1) is 14.0. The number of thioether (sulfide) groups is 1. The lowest BCUT2D eigenvalue weighted by molar-refractivity contribution is 0.728. The van der Waals surface area contributed by atoms with Gasteiger partial charge in [0.2, 0.25) is 0 Å². The van der Waals surface area contributed by atoms with Crippen LogP contribution in [0.15, 0.2) is 18.2 Å². The lowest BCUT2D eigenvalue weighted by Crippen LogP contribution is -2.40. The van der Waals surface area contributed by atoms with Gasteiger partial charge in [-0.15, -0.1) is 0 Å². The lowest BCUT2D eigenvalue weighted by atomic mass is 10.1. The van der Waals surface area contributed by atoms with Crippen molar-refractivity contribution in [2.24, 2.45) is 5.73 Å². The van der Waals surface area contributed by atoms with Crippen LogP contribution in [0.3, 0.4) is 0 Å². The molecule has 2 atom stereocenters. The fraction of sp³-hybridized carbons (Fsp3) is 0.571. The molecule has 2 N–H and O–H groups in total. The number of rotatable bonds is 3. The molecule has 18 heavy (non-hydrogen) atoms. The first-order valence-corrected chi connectivity index (χ1v) is 7.81. The van der Waals surface area contributed by atoms with Crippen LogP contribution in [-0.2, 0) is 6.42 Å². The van der Waals surface area contributed by atoms with E-state index >= 15 is 0 Å². The molecule has 0 radical (unpaired) electrons. The molecule has 1 heterocycles. The van der Waals surface area contributed by atoms with E-state index in [0.717, 1.165) is 30.1 Å². The molecule has 0 bridgehead atoms. The maximum atomic E-state index is 6.31. The molecule has 1 fully saturated rings. The van der Waals surface area contributed by atoms with Gasteiger partial charge in [-0.1, -0.05) is 31.5 Å². The molecule has 2 unspecified atom stereocenters. The van der Waals surface area contributed by atoms with E-state index in [1.54, 1.807) is 0 Å². The molecule has 0 spiro atoms. The van der Waals surface area contributed by atoms with Crippen LogP contribution in [0.2, 0.25) is 5.02 Å². The number of hydrogen-bond acceptors (Lipinski definition) is 3. The number of nitrogens with two attached hydrogens (primary N) is 1. The van der Waals surface area contributed by atoms with Crippen molar-refractivity contribution in [2.45, 2.75) is 30.8 Å². The van der Waals surface area contributed by atoms with E-state index in [2.05, 4.69) is 48.7 Å². The Bertz CT molecular complexity index is 401. The molecule has 0 amide bonds. The molecule has 1 aromatic rings. The number of halogens is 1. The maximum absolute atomic E-state index is 6.31. The highest BCUT2D eigenvalue weighted by Crippen LogP contribution is 2.30. The van der Waals surface area contributed by atoms with Crippen LogP contribution in [0.5, 0.6) is 0 Å². The van der Waals surface area contributed by atoms with Crippen molar-refractivity contribution in [1.82, 2.24) is 0 Å². The van der Waals surface area contributed by atoms with Crippen LogP contribution in [0.25, 0.3) is 0 Å². The Morgan fingerprint density at radius 1 is 1.33 bits per heavy atom. The number of anilines is 1. The SMILES string of the molecule is CC1CN(c2ccc(CCN)c(Cl)c2)CC(C)S1. The molecule has 100 valence electrons. The molecule has 0 aromatic heterocycles. The molecule has 2 nitrogen and oxygen atoms in total. The summed E-state index contributed by atoms with van der Waals surface area (Å²) in [5.41, 5.74) is 7.96. The summed E-state index contributed by atoms with van der Waals surface area (Å²) < 4.78 is 0. The average molecular weight is 285 g/mol. The standard InChI is InChI=1S/C14H21ClN2S/c1-10-8-17(9-11(2)18-10)13-4-3-12(5-6-16)14(15)7-13/h3-4,7,10-11H,5-6,8-9,16H2,1-2H3. The third-order valence-electron chi connectivity index (χ3n) is 3.24. The minimum atomic E-state index is 0.646.